The number of fused-ring (bicyclic) bond motifs is 1. The maximum atomic E-state index is 12.1. The third-order valence-corrected chi connectivity index (χ3v) is 4.32. The second-order valence-corrected chi connectivity index (χ2v) is 5.78. The molecule has 7 nitrogen and oxygen atoms in total. The van der Waals surface area contributed by atoms with Crippen molar-refractivity contribution in [2.45, 2.75) is 37.5 Å². The first-order valence-corrected chi connectivity index (χ1v) is 7.14. The number of nitrogens with zero attached hydrogens (tertiary/aromatic N) is 3. The molecule has 2 aromatic rings. The lowest BCUT2D eigenvalue weighted by molar-refractivity contribution is -0.123. The average molecular weight is 292 g/mol. The van der Waals surface area contributed by atoms with Crippen LogP contribution in [0.1, 0.15) is 24.8 Å². The van der Waals surface area contributed by atoms with Crippen LogP contribution in [0.15, 0.2) is 23.4 Å². The van der Waals surface area contributed by atoms with Crippen molar-refractivity contribution < 1.29 is 10.2 Å². The highest BCUT2D eigenvalue weighted by Crippen LogP contribution is 2.34. The van der Waals surface area contributed by atoms with Gasteiger partial charge in [-0.25, -0.2) is 4.52 Å². The molecule has 0 saturated heterocycles. The molecular formula is C14H20N4O3. The van der Waals surface area contributed by atoms with Crippen LogP contribution in [0.4, 0.5) is 0 Å². The molecule has 1 saturated carbocycles. The number of aryl methyl sites for hydroxylation is 1. The number of nitrogens with one attached hydrogen (secondary N) is 1. The predicted octanol–water partition coefficient (Wildman–Crippen LogP) is -0.602. The number of aliphatic hydroxyl groups excluding tert-OH is 1. The van der Waals surface area contributed by atoms with Crippen LogP contribution in [0.2, 0.25) is 0 Å². The third-order valence-electron chi connectivity index (χ3n) is 4.32. The molecule has 1 unspecified atom stereocenters. The van der Waals surface area contributed by atoms with Crippen LogP contribution < -0.4 is 10.9 Å². The van der Waals surface area contributed by atoms with Gasteiger partial charge in [0.1, 0.15) is 5.52 Å². The monoisotopic (exact) mass is 292 g/mol. The highest BCUT2D eigenvalue weighted by molar-refractivity contribution is 5.51. The lowest BCUT2D eigenvalue weighted by Crippen LogP contribution is -2.52. The molecular weight excluding hydrogens is 272 g/mol. The molecule has 2 aromatic heterocycles. The Hall–Kier alpha value is -1.70. The van der Waals surface area contributed by atoms with E-state index in [1.54, 1.807) is 30.2 Å². The van der Waals surface area contributed by atoms with Gasteiger partial charge >= 0.3 is 0 Å². The molecule has 0 bridgehead atoms. The molecule has 21 heavy (non-hydrogen) atoms. The molecule has 0 amide bonds. The quantitative estimate of drug-likeness (QED) is 0.684. The summed E-state index contributed by atoms with van der Waals surface area (Å²) in [6.07, 6.45) is 6.50. The Morgan fingerprint density at radius 2 is 2.24 bits per heavy atom. The van der Waals surface area contributed by atoms with E-state index in [9.17, 15) is 15.0 Å². The molecule has 1 atom stereocenters. The normalized spacial score (nSPS) is 18.6. The summed E-state index contributed by atoms with van der Waals surface area (Å²) in [6.45, 7) is 0.719. The van der Waals surface area contributed by atoms with Crippen LogP contribution >= 0.6 is 0 Å². The number of rotatable bonds is 5. The molecule has 3 N–H and O–H groups in total. The molecule has 0 aliphatic heterocycles. The van der Waals surface area contributed by atoms with Gasteiger partial charge in [0.25, 0.3) is 5.56 Å². The lowest BCUT2D eigenvalue weighted by atomic mass is 9.76. The fourth-order valence-corrected chi connectivity index (χ4v) is 2.68. The minimum Gasteiger partial charge on any atom is -0.389 e. The first-order chi connectivity index (χ1) is 10.0. The molecule has 1 aliphatic carbocycles. The Morgan fingerprint density at radius 3 is 2.90 bits per heavy atom. The van der Waals surface area contributed by atoms with Crippen molar-refractivity contribution in [3.05, 3.63) is 34.5 Å². The zero-order chi connectivity index (χ0) is 15.0. The summed E-state index contributed by atoms with van der Waals surface area (Å²) < 4.78 is 3.06. The molecule has 114 valence electrons. The van der Waals surface area contributed by atoms with Gasteiger partial charge in [0.15, 0.2) is 0 Å². The summed E-state index contributed by atoms with van der Waals surface area (Å²) >= 11 is 0. The highest BCUT2D eigenvalue weighted by atomic mass is 16.3. The summed E-state index contributed by atoms with van der Waals surface area (Å²) in [4.78, 5) is 12.1. The van der Waals surface area contributed by atoms with Crippen LogP contribution in [0.3, 0.4) is 0 Å². The maximum absolute atomic E-state index is 12.1. The van der Waals surface area contributed by atoms with Gasteiger partial charge in [0, 0.05) is 38.1 Å². The van der Waals surface area contributed by atoms with E-state index >= 15 is 0 Å². The van der Waals surface area contributed by atoms with Crippen molar-refractivity contribution in [2.24, 2.45) is 7.05 Å². The van der Waals surface area contributed by atoms with Crippen molar-refractivity contribution in [3.63, 3.8) is 0 Å². The van der Waals surface area contributed by atoms with Crippen molar-refractivity contribution in [1.29, 1.82) is 0 Å². The number of hydrogen-bond acceptors (Lipinski definition) is 5. The average Bonchev–Trinajstić information content (AvgIpc) is 2.84. The van der Waals surface area contributed by atoms with Crippen molar-refractivity contribution in [1.82, 2.24) is 19.5 Å². The van der Waals surface area contributed by atoms with Gasteiger partial charge in [-0.3, -0.25) is 4.79 Å². The van der Waals surface area contributed by atoms with Gasteiger partial charge < -0.3 is 20.1 Å². The van der Waals surface area contributed by atoms with E-state index in [1.165, 1.54) is 4.57 Å². The van der Waals surface area contributed by atoms with Gasteiger partial charge in [-0.1, -0.05) is 0 Å². The number of aromatic nitrogens is 3. The lowest BCUT2D eigenvalue weighted by Gasteiger charge is -2.40. The fourth-order valence-electron chi connectivity index (χ4n) is 2.68. The summed E-state index contributed by atoms with van der Waals surface area (Å²) in [5, 5.41) is 27.2. The van der Waals surface area contributed by atoms with E-state index < -0.39 is 11.7 Å². The zero-order valence-corrected chi connectivity index (χ0v) is 12.0. The predicted molar refractivity (Wildman–Crippen MR) is 76.9 cm³/mol. The number of aliphatic hydroxyl groups is 2. The second-order valence-electron chi connectivity index (χ2n) is 5.78. The van der Waals surface area contributed by atoms with Crippen molar-refractivity contribution in [3.8, 4) is 0 Å². The molecule has 0 aromatic carbocycles. The molecule has 1 fully saturated rings. The maximum Gasteiger partial charge on any atom is 0.276 e. The molecule has 1 aliphatic rings. The van der Waals surface area contributed by atoms with Crippen LogP contribution in [0, 0.1) is 0 Å². The van der Waals surface area contributed by atoms with E-state index in [0.717, 1.165) is 12.0 Å². The molecule has 7 heteroatoms. The number of hydrogen-bond donors (Lipinski definition) is 3. The van der Waals surface area contributed by atoms with Crippen molar-refractivity contribution >= 4 is 5.52 Å². The topological polar surface area (TPSA) is 91.8 Å². The van der Waals surface area contributed by atoms with E-state index in [1.807, 2.05) is 0 Å². The standard InChI is InChI=1S/C14H20N4O3/c1-17-5-6-18-12(13(17)20)10(8-16-18)7-15-9-11(19)14(21)3-2-4-14/h5-6,8,11,15,19,21H,2-4,7,9H2,1H3. The summed E-state index contributed by atoms with van der Waals surface area (Å²) in [5.41, 5.74) is 0.267. The van der Waals surface area contributed by atoms with E-state index in [0.29, 0.717) is 31.4 Å². The van der Waals surface area contributed by atoms with E-state index in [-0.39, 0.29) is 5.56 Å². The Balaban J connectivity index is 1.68. The molecule has 3 rings (SSSR count). The fraction of sp³-hybridized carbons (Fsp3) is 0.571. The first-order valence-electron chi connectivity index (χ1n) is 7.14. The minimum atomic E-state index is -0.940. The minimum absolute atomic E-state index is 0.107. The van der Waals surface area contributed by atoms with Crippen molar-refractivity contribution in [2.75, 3.05) is 6.54 Å². The van der Waals surface area contributed by atoms with E-state index in [4.69, 9.17) is 0 Å². The summed E-state index contributed by atoms with van der Waals surface area (Å²) in [6, 6.07) is 0. The SMILES string of the molecule is Cn1ccn2ncc(CNCC(O)C3(O)CCC3)c2c1=O. The largest absolute Gasteiger partial charge is 0.389 e. The highest BCUT2D eigenvalue weighted by Gasteiger charge is 2.41. The summed E-state index contributed by atoms with van der Waals surface area (Å²) in [7, 11) is 1.70. The van der Waals surface area contributed by atoms with Gasteiger partial charge in [0.2, 0.25) is 0 Å². The van der Waals surface area contributed by atoms with Crippen LogP contribution in [-0.4, -0.2) is 42.6 Å². The second kappa shape index (κ2) is 5.25. The Kier molecular flexibility index (Phi) is 3.56. The molecule has 0 spiro atoms. The van der Waals surface area contributed by atoms with Gasteiger partial charge in [-0.15, -0.1) is 0 Å². The van der Waals surface area contributed by atoms with Crippen LogP contribution in [-0.2, 0) is 13.6 Å². The third kappa shape index (κ3) is 2.48. The zero-order valence-electron chi connectivity index (χ0n) is 12.0. The Morgan fingerprint density at radius 1 is 1.48 bits per heavy atom. The first kappa shape index (κ1) is 14.2. The van der Waals surface area contributed by atoms with Gasteiger partial charge in [-0.05, 0) is 19.3 Å². The Bertz CT molecular complexity index is 702. The van der Waals surface area contributed by atoms with Crippen LogP contribution in [0.5, 0.6) is 0 Å². The van der Waals surface area contributed by atoms with Gasteiger partial charge in [0.05, 0.1) is 17.9 Å². The van der Waals surface area contributed by atoms with E-state index in [2.05, 4.69) is 10.4 Å². The van der Waals surface area contributed by atoms with Gasteiger partial charge in [-0.2, -0.15) is 5.10 Å². The molecule has 0 radical (unpaired) electrons. The smallest absolute Gasteiger partial charge is 0.276 e. The summed E-state index contributed by atoms with van der Waals surface area (Å²) in [5.74, 6) is 0. The van der Waals surface area contributed by atoms with Crippen LogP contribution in [0.25, 0.3) is 5.52 Å². The molecule has 2 heterocycles. The Labute approximate surface area is 121 Å².